The molecule has 0 aromatic carbocycles. The zero-order chi connectivity index (χ0) is 32.5. The Morgan fingerprint density at radius 3 is 0.894 bits per heavy atom. The molecule has 0 amide bonds. The van der Waals surface area contributed by atoms with Gasteiger partial charge in [-0.1, -0.05) is 38.5 Å². The molecule has 47 heavy (non-hydrogen) atoms. The normalized spacial score (nSPS) is 25.5. The van der Waals surface area contributed by atoms with Crippen LogP contribution in [0.15, 0.2) is 17.5 Å². The molecule has 7 rings (SSSR count). The molecule has 6 aliphatic carbocycles. The zero-order valence-corrected chi connectivity index (χ0v) is 36.1. The molecule has 1 heterocycles. The third-order valence-electron chi connectivity index (χ3n) is 13.2. The standard InChI is InChI=1S/2C18H33P.C5H4S.2ClH.Ru/c2*1-4-10-16(11-5-1)19(17-12-6-2-7-13-17)18-14-8-3-9-15-18;1-5-3-2-4-6-5;;;/h2*16-18H,1-15H2;1-4H;2*1H;/q;;;;;+2. The van der Waals surface area contributed by atoms with Gasteiger partial charge in [-0.3, -0.25) is 0 Å². The Kier molecular flexibility index (Phi) is 19.8. The summed E-state index contributed by atoms with van der Waals surface area (Å²) in [6.45, 7) is 0. The molecule has 6 fully saturated rings. The van der Waals surface area contributed by atoms with Crippen LogP contribution < -0.4 is 0 Å². The van der Waals surface area contributed by atoms with Crippen LogP contribution in [-0.2, 0) is 13.5 Å². The van der Waals surface area contributed by atoms with Crippen molar-refractivity contribution in [3.05, 3.63) is 22.4 Å². The van der Waals surface area contributed by atoms with Crippen molar-refractivity contribution in [3.63, 3.8) is 0 Å². The average molecular weight is 831 g/mol. The Hall–Kier alpha value is 1.63. The summed E-state index contributed by atoms with van der Waals surface area (Å²) in [5.41, 5.74) is 7.36. The average Bonchev–Trinajstić information content (AvgIpc) is 3.65. The topological polar surface area (TPSA) is 0 Å². The Morgan fingerprint density at radius 1 is 0.447 bits per heavy atom. The fourth-order valence-electron chi connectivity index (χ4n) is 11.0. The van der Waals surface area contributed by atoms with E-state index >= 15 is 0 Å². The van der Waals surface area contributed by atoms with Gasteiger partial charge in [0.1, 0.15) is 0 Å². The van der Waals surface area contributed by atoms with E-state index in [0.29, 0.717) is 0 Å². The summed E-state index contributed by atoms with van der Waals surface area (Å²) in [6, 6.07) is 4.00. The first kappa shape index (κ1) is 39.8. The van der Waals surface area contributed by atoms with E-state index < -0.39 is 13.5 Å². The first-order chi connectivity index (χ1) is 23.2. The molecule has 0 radical (unpaired) electrons. The van der Waals surface area contributed by atoms with E-state index in [1.165, 1.54) is 38.8 Å². The molecule has 0 saturated heterocycles. The molecular formula is C41H72Cl2P2RuS+2. The summed E-state index contributed by atoms with van der Waals surface area (Å²) in [5, 5.41) is 2.01. The van der Waals surface area contributed by atoms with Crippen molar-refractivity contribution in [3.8, 4) is 0 Å². The summed E-state index contributed by atoms with van der Waals surface area (Å²) in [6.07, 6.45) is 47.6. The van der Waals surface area contributed by atoms with Gasteiger partial charge in [0.05, 0.1) is 34.0 Å². The van der Waals surface area contributed by atoms with E-state index in [1.807, 2.05) is 22.1 Å². The molecule has 0 atom stereocenters. The molecule has 272 valence electrons. The third kappa shape index (κ3) is 13.8. The molecule has 0 aliphatic heterocycles. The predicted molar refractivity (Wildman–Crippen MR) is 219 cm³/mol. The van der Waals surface area contributed by atoms with E-state index in [1.54, 1.807) is 204 Å². The van der Waals surface area contributed by atoms with Crippen LogP contribution in [0, 0.1) is 0 Å². The monoisotopic (exact) mass is 830 g/mol. The van der Waals surface area contributed by atoms with Gasteiger partial charge >= 0.3 is 71.2 Å². The number of hydrogen-bond donors (Lipinski definition) is 0. The minimum absolute atomic E-state index is 0.0465. The van der Waals surface area contributed by atoms with Gasteiger partial charge in [-0.15, -0.1) is 0 Å². The molecule has 1 aromatic rings. The molecule has 0 N–H and O–H groups in total. The van der Waals surface area contributed by atoms with Crippen molar-refractivity contribution in [2.24, 2.45) is 0 Å². The second-order valence-electron chi connectivity index (χ2n) is 16.3. The zero-order valence-electron chi connectivity index (χ0n) is 30.0. The fourth-order valence-corrected chi connectivity index (χ4v) is 24.9. The van der Waals surface area contributed by atoms with Crippen LogP contribution in [0.4, 0.5) is 0 Å². The Bertz CT molecular complexity index is 809. The molecular weight excluding hydrogens is 758 g/mol. The van der Waals surface area contributed by atoms with Crippen molar-refractivity contribution in [1.82, 2.24) is 0 Å². The maximum absolute atomic E-state index is 5.63. The molecule has 6 heteroatoms. The molecule has 0 spiro atoms. The summed E-state index contributed by atoms with van der Waals surface area (Å²) in [7, 11) is 11.2. The van der Waals surface area contributed by atoms with Gasteiger partial charge in [-0.25, -0.2) is 0 Å². The van der Waals surface area contributed by atoms with Gasteiger partial charge in [0, 0.05) is 15.8 Å². The van der Waals surface area contributed by atoms with Crippen LogP contribution in [0.25, 0.3) is 0 Å². The predicted octanol–water partition coefficient (Wildman–Crippen LogP) is 15.2. The van der Waals surface area contributed by atoms with E-state index in [2.05, 4.69) is 0 Å². The summed E-state index contributed by atoms with van der Waals surface area (Å²) in [5.74, 6) is 0. The van der Waals surface area contributed by atoms with Crippen LogP contribution in [0.2, 0.25) is 0 Å². The van der Waals surface area contributed by atoms with Crippen molar-refractivity contribution in [2.45, 2.75) is 227 Å². The number of hydrogen-bond acceptors (Lipinski definition) is 1. The van der Waals surface area contributed by atoms with E-state index in [9.17, 15) is 0 Å². The molecule has 6 aliphatic rings. The van der Waals surface area contributed by atoms with Crippen LogP contribution in [-0.4, -0.2) is 38.6 Å². The van der Waals surface area contributed by atoms with E-state index in [0.717, 1.165) is 0 Å². The van der Waals surface area contributed by atoms with Crippen LogP contribution in [0.5, 0.6) is 0 Å². The van der Waals surface area contributed by atoms with Gasteiger partial charge in [-0.2, -0.15) is 0 Å². The molecule has 0 nitrogen and oxygen atoms in total. The first-order valence-electron chi connectivity index (χ1n) is 20.8. The van der Waals surface area contributed by atoms with Gasteiger partial charge in [0.2, 0.25) is 0 Å². The van der Waals surface area contributed by atoms with Gasteiger partial charge in [0.25, 0.3) is 0 Å². The number of rotatable bonds is 7. The third-order valence-corrected chi connectivity index (χ3v) is 25.3. The van der Waals surface area contributed by atoms with E-state index in [4.69, 9.17) is 19.4 Å². The van der Waals surface area contributed by atoms with Crippen molar-refractivity contribution >= 4 is 51.2 Å². The van der Waals surface area contributed by atoms with Gasteiger partial charge in [0.15, 0.2) is 0 Å². The number of thiophene rings is 1. The van der Waals surface area contributed by atoms with Crippen molar-refractivity contribution in [1.29, 1.82) is 0 Å². The second-order valence-corrected chi connectivity index (χ2v) is 29.9. The van der Waals surface area contributed by atoms with Crippen LogP contribution in [0.3, 0.4) is 0 Å². The fraction of sp³-hybridized carbons (Fsp3) is 0.878. The quantitative estimate of drug-likeness (QED) is 0.190. The minimum atomic E-state index is -1.57. The van der Waals surface area contributed by atoms with Gasteiger partial charge in [-0.05, 0) is 154 Å². The van der Waals surface area contributed by atoms with Crippen LogP contribution in [0.1, 0.15) is 198 Å². The summed E-state index contributed by atoms with van der Waals surface area (Å²) < 4.78 is 1.94. The molecule has 1 aromatic heterocycles. The summed E-state index contributed by atoms with van der Waals surface area (Å²) in [4.78, 5) is 1.18. The molecule has 0 unspecified atom stereocenters. The first-order valence-corrected chi connectivity index (χ1v) is 30.6. The molecule has 0 bridgehead atoms. The Labute approximate surface area is 311 Å². The number of halogens is 2. The van der Waals surface area contributed by atoms with Crippen molar-refractivity contribution in [2.75, 3.05) is 0 Å². The van der Waals surface area contributed by atoms with Crippen molar-refractivity contribution < 1.29 is 13.5 Å². The van der Waals surface area contributed by atoms with Crippen LogP contribution >= 0.6 is 46.6 Å². The summed E-state index contributed by atoms with van der Waals surface area (Å²) >= 11 is 0.0926. The maximum atomic E-state index is 5.63. The Morgan fingerprint density at radius 2 is 0.702 bits per heavy atom. The second kappa shape index (κ2) is 23.3. The SMILES string of the molecule is C1CCC([PH+](C2CCCCC2)C2CCCCC2)CC1.C1CCC([PH+](C2CCCCC2)C2CCCCC2)CC1.[Cl][Ru]([Cl])=[CH]c1cccs1. The van der Waals surface area contributed by atoms with E-state index in [-0.39, 0.29) is 15.8 Å². The Balaban J connectivity index is 0.000000148. The van der Waals surface area contributed by atoms with Gasteiger partial charge < -0.3 is 0 Å². The molecule has 6 saturated carbocycles.